The van der Waals surface area contributed by atoms with Gasteiger partial charge in [0.2, 0.25) is 5.91 Å². The van der Waals surface area contributed by atoms with Gasteiger partial charge in [-0.15, -0.1) is 0 Å². The third-order valence-electron chi connectivity index (χ3n) is 3.79. The number of halogens is 1. The van der Waals surface area contributed by atoms with Crippen molar-refractivity contribution < 1.29 is 14.3 Å². The van der Waals surface area contributed by atoms with Crippen molar-refractivity contribution in [1.82, 2.24) is 5.32 Å². The highest BCUT2D eigenvalue weighted by Crippen LogP contribution is 1.99. The number of carbonyl (C=O) groups is 2. The summed E-state index contributed by atoms with van der Waals surface area (Å²) in [4.78, 5) is 22.0. The highest BCUT2D eigenvalue weighted by Gasteiger charge is 2.00. The molecule has 0 rings (SSSR count). The minimum Gasteiger partial charge on any atom is -0.454 e. The van der Waals surface area contributed by atoms with Crippen LogP contribution in [-0.2, 0) is 9.53 Å². The number of hydrogen-bond acceptors (Lipinski definition) is 3. The van der Waals surface area contributed by atoms with Crippen molar-refractivity contribution in [2.75, 3.05) is 13.2 Å². The molecule has 1 N–H and O–H groups in total. The highest BCUT2D eigenvalue weighted by atomic mass is 35.5. The van der Waals surface area contributed by atoms with Gasteiger partial charge in [0.15, 0.2) is 0 Å². The van der Waals surface area contributed by atoms with Crippen LogP contribution in [0.1, 0.15) is 64.7 Å². The van der Waals surface area contributed by atoms with Crippen molar-refractivity contribution in [3.05, 3.63) is 60.8 Å². The average Bonchev–Trinajstić information content (AvgIpc) is 2.69. The molecule has 1 amide bonds. The molecule has 0 aromatic heterocycles. The Labute approximate surface area is 181 Å². The molecule has 4 nitrogen and oxygen atoms in total. The third kappa shape index (κ3) is 23.9. The number of hydrogen-bond donors (Lipinski definition) is 1. The van der Waals surface area contributed by atoms with Crippen molar-refractivity contribution in [1.29, 1.82) is 0 Å². The van der Waals surface area contributed by atoms with Gasteiger partial charge in [-0.1, -0.05) is 67.7 Å². The SMILES string of the molecule is CCC=CCC=CCC=CCC=CCC=CCCCC(=O)NCCCOC(=O)Cl. The Bertz CT molecular complexity index is 562. The van der Waals surface area contributed by atoms with Crippen LogP contribution in [0.5, 0.6) is 0 Å². The zero-order chi connectivity index (χ0) is 21.4. The molecule has 0 radical (unpaired) electrons. The van der Waals surface area contributed by atoms with E-state index in [1.807, 2.05) is 0 Å². The summed E-state index contributed by atoms with van der Waals surface area (Å²) in [6, 6.07) is 0. The van der Waals surface area contributed by atoms with E-state index in [2.05, 4.69) is 77.7 Å². The maximum atomic E-state index is 11.6. The molecule has 0 aliphatic heterocycles. The van der Waals surface area contributed by atoms with Gasteiger partial charge < -0.3 is 10.1 Å². The fraction of sp³-hybridized carbons (Fsp3) is 0.500. The summed E-state index contributed by atoms with van der Waals surface area (Å²) in [5.74, 6) is 0.0227. The Hall–Kier alpha value is -2.07. The Morgan fingerprint density at radius 1 is 0.793 bits per heavy atom. The second-order valence-corrected chi connectivity index (χ2v) is 6.70. The fourth-order valence-electron chi connectivity index (χ4n) is 2.29. The molecule has 29 heavy (non-hydrogen) atoms. The van der Waals surface area contributed by atoms with E-state index in [0.29, 0.717) is 19.4 Å². The molecule has 0 bridgehead atoms. The maximum absolute atomic E-state index is 11.6. The van der Waals surface area contributed by atoms with Crippen LogP contribution in [0.3, 0.4) is 0 Å². The lowest BCUT2D eigenvalue weighted by Crippen LogP contribution is -2.24. The van der Waals surface area contributed by atoms with Crippen molar-refractivity contribution in [2.24, 2.45) is 0 Å². The van der Waals surface area contributed by atoms with Gasteiger partial charge in [0, 0.05) is 24.6 Å². The van der Waals surface area contributed by atoms with E-state index < -0.39 is 5.43 Å². The first-order valence-electron chi connectivity index (χ1n) is 10.5. The molecule has 5 heteroatoms. The summed E-state index contributed by atoms with van der Waals surface area (Å²) in [7, 11) is 0. The monoisotopic (exact) mass is 421 g/mol. The second kappa shape index (κ2) is 22.2. The first-order valence-corrected chi connectivity index (χ1v) is 10.9. The second-order valence-electron chi connectivity index (χ2n) is 6.39. The third-order valence-corrected chi connectivity index (χ3v) is 3.90. The van der Waals surface area contributed by atoms with Crippen LogP contribution >= 0.6 is 11.6 Å². The van der Waals surface area contributed by atoms with Gasteiger partial charge in [0.1, 0.15) is 0 Å². The Morgan fingerprint density at radius 2 is 1.31 bits per heavy atom. The standard InChI is InChI=1S/C24H36ClNO3/c1-2-3-4-5-6-7-8-9-10-11-12-13-14-15-16-17-18-20-23(27)26-21-19-22-29-24(25)28/h3-4,6-7,9-10,12-13,15-16H,2,5,8,11,14,17-22H2,1H3,(H,26,27). The van der Waals surface area contributed by atoms with E-state index in [-0.39, 0.29) is 12.5 Å². The molecule has 0 saturated heterocycles. The van der Waals surface area contributed by atoms with Gasteiger partial charge in [-0.3, -0.25) is 4.79 Å². The molecular formula is C24H36ClNO3. The van der Waals surface area contributed by atoms with E-state index in [9.17, 15) is 9.59 Å². The summed E-state index contributed by atoms with van der Waals surface area (Å²) in [5.41, 5.74) is -0.812. The molecule has 162 valence electrons. The molecule has 0 heterocycles. The van der Waals surface area contributed by atoms with Gasteiger partial charge in [0.05, 0.1) is 6.61 Å². The van der Waals surface area contributed by atoms with Crippen molar-refractivity contribution in [3.8, 4) is 0 Å². The van der Waals surface area contributed by atoms with Crippen LogP contribution in [0.2, 0.25) is 0 Å². The van der Waals surface area contributed by atoms with Crippen molar-refractivity contribution >= 4 is 22.9 Å². The van der Waals surface area contributed by atoms with Crippen LogP contribution < -0.4 is 5.32 Å². The number of amides is 1. The van der Waals surface area contributed by atoms with Crippen LogP contribution in [0, 0.1) is 0 Å². The molecular weight excluding hydrogens is 386 g/mol. The van der Waals surface area contributed by atoms with Crippen LogP contribution in [0.4, 0.5) is 4.79 Å². The van der Waals surface area contributed by atoms with Crippen LogP contribution in [0.25, 0.3) is 0 Å². The lowest BCUT2D eigenvalue weighted by atomic mass is 10.2. The summed E-state index contributed by atoms with van der Waals surface area (Å²) in [6.45, 7) is 2.86. The average molecular weight is 422 g/mol. The maximum Gasteiger partial charge on any atom is 0.403 e. The Balaban J connectivity index is 3.50. The summed E-state index contributed by atoms with van der Waals surface area (Å²) in [6.07, 6.45) is 29.5. The lowest BCUT2D eigenvalue weighted by Gasteiger charge is -2.04. The van der Waals surface area contributed by atoms with Crippen LogP contribution in [0.15, 0.2) is 60.8 Å². The molecule has 0 aliphatic carbocycles. The minimum absolute atomic E-state index is 0.0227. The molecule has 0 saturated carbocycles. The number of ether oxygens (including phenoxy) is 1. The minimum atomic E-state index is -0.812. The highest BCUT2D eigenvalue weighted by molar-refractivity contribution is 6.61. The van der Waals surface area contributed by atoms with Gasteiger partial charge >= 0.3 is 5.43 Å². The van der Waals surface area contributed by atoms with E-state index in [1.165, 1.54) is 0 Å². The zero-order valence-electron chi connectivity index (χ0n) is 17.7. The molecule has 0 aliphatic rings. The topological polar surface area (TPSA) is 55.4 Å². The Morgan fingerprint density at radius 3 is 1.83 bits per heavy atom. The van der Waals surface area contributed by atoms with Crippen LogP contribution in [-0.4, -0.2) is 24.5 Å². The number of carbonyl (C=O) groups excluding carboxylic acids is 2. The number of nitrogens with one attached hydrogen (secondary N) is 1. The van der Waals surface area contributed by atoms with E-state index in [1.54, 1.807) is 0 Å². The lowest BCUT2D eigenvalue weighted by molar-refractivity contribution is -0.121. The predicted octanol–water partition coefficient (Wildman–Crippen LogP) is 6.79. The normalized spacial score (nSPS) is 12.2. The molecule has 0 aromatic rings. The first-order chi connectivity index (χ1) is 14.2. The predicted molar refractivity (Wildman–Crippen MR) is 123 cm³/mol. The van der Waals surface area contributed by atoms with Gasteiger partial charge in [0.25, 0.3) is 0 Å². The van der Waals surface area contributed by atoms with E-state index in [0.717, 1.165) is 44.9 Å². The van der Waals surface area contributed by atoms with Gasteiger partial charge in [-0.2, -0.15) is 0 Å². The summed E-state index contributed by atoms with van der Waals surface area (Å²) >= 11 is 5.04. The fourth-order valence-corrected chi connectivity index (χ4v) is 2.37. The van der Waals surface area contributed by atoms with Crippen molar-refractivity contribution in [2.45, 2.75) is 64.7 Å². The largest absolute Gasteiger partial charge is 0.454 e. The van der Waals surface area contributed by atoms with E-state index >= 15 is 0 Å². The smallest absolute Gasteiger partial charge is 0.403 e. The molecule has 0 aromatic carbocycles. The summed E-state index contributed by atoms with van der Waals surface area (Å²) in [5, 5.41) is 2.79. The molecule has 0 fully saturated rings. The Kier molecular flexibility index (Phi) is 20.6. The quantitative estimate of drug-likeness (QED) is 0.160. The van der Waals surface area contributed by atoms with E-state index in [4.69, 9.17) is 11.6 Å². The molecule has 0 spiro atoms. The van der Waals surface area contributed by atoms with Gasteiger partial charge in [-0.25, -0.2) is 4.79 Å². The number of unbranched alkanes of at least 4 members (excludes halogenated alkanes) is 1. The summed E-state index contributed by atoms with van der Waals surface area (Å²) < 4.78 is 4.57. The molecule has 0 atom stereocenters. The zero-order valence-corrected chi connectivity index (χ0v) is 18.4. The first kappa shape index (κ1) is 26.9. The van der Waals surface area contributed by atoms with Gasteiger partial charge in [-0.05, 0) is 51.4 Å². The number of allylic oxidation sites excluding steroid dienone is 10. The number of rotatable bonds is 17. The molecule has 0 unspecified atom stereocenters. The van der Waals surface area contributed by atoms with Crippen molar-refractivity contribution in [3.63, 3.8) is 0 Å².